The van der Waals surface area contributed by atoms with Gasteiger partial charge < -0.3 is 5.11 Å². The predicted octanol–water partition coefficient (Wildman–Crippen LogP) is 2.97. The largest absolute Gasteiger partial charge is 0.395 e. The van der Waals surface area contributed by atoms with Crippen LogP contribution >= 0.6 is 23.2 Å². The molecule has 0 saturated carbocycles. The number of hydrogen-bond donors (Lipinski definition) is 1. The lowest BCUT2D eigenvalue weighted by Crippen LogP contribution is -2.26. The normalized spacial score (nSPS) is 10.8. The highest BCUT2D eigenvalue weighted by atomic mass is 35.5. The van der Waals surface area contributed by atoms with E-state index in [9.17, 15) is 0 Å². The van der Waals surface area contributed by atoms with Crippen LogP contribution < -0.4 is 0 Å². The Balaban J connectivity index is 2.68. The maximum Gasteiger partial charge on any atom is 0.0595 e. The summed E-state index contributed by atoms with van der Waals surface area (Å²) in [7, 11) is 0. The second kappa shape index (κ2) is 6.92. The molecule has 0 unspecified atom stereocenters. The number of nitrogens with zero attached hydrogens (tertiary/aromatic N) is 1. The molecule has 0 atom stereocenters. The molecule has 0 fully saturated rings. The van der Waals surface area contributed by atoms with Crippen molar-refractivity contribution in [2.24, 2.45) is 0 Å². The van der Waals surface area contributed by atoms with Crippen LogP contribution in [0.25, 0.3) is 0 Å². The highest BCUT2D eigenvalue weighted by Gasteiger charge is 2.05. The van der Waals surface area contributed by atoms with Gasteiger partial charge in [0.1, 0.15) is 0 Å². The molecule has 1 aromatic rings. The maximum atomic E-state index is 8.92. The third kappa shape index (κ3) is 4.14. The van der Waals surface area contributed by atoms with Crippen molar-refractivity contribution in [3.05, 3.63) is 46.5 Å². The van der Waals surface area contributed by atoms with Gasteiger partial charge in [-0.1, -0.05) is 35.3 Å². The number of hydrogen-bond acceptors (Lipinski definition) is 2. The van der Waals surface area contributed by atoms with Crippen molar-refractivity contribution in [2.75, 3.05) is 19.7 Å². The van der Waals surface area contributed by atoms with Crippen LogP contribution in [0.1, 0.15) is 5.56 Å². The van der Waals surface area contributed by atoms with E-state index in [1.807, 2.05) is 18.2 Å². The molecule has 0 aliphatic rings. The molecule has 0 saturated heterocycles. The lowest BCUT2D eigenvalue weighted by molar-refractivity contribution is 0.203. The highest BCUT2D eigenvalue weighted by Crippen LogP contribution is 2.23. The Kier molecular flexibility index (Phi) is 5.85. The van der Waals surface area contributed by atoms with Gasteiger partial charge in [0.25, 0.3) is 0 Å². The SMILES string of the molecule is C=CCN(CCO)Cc1ccc(Cl)c(Cl)c1. The van der Waals surface area contributed by atoms with Crippen LogP contribution in [0.2, 0.25) is 10.0 Å². The minimum atomic E-state index is 0.134. The lowest BCUT2D eigenvalue weighted by atomic mass is 10.2. The summed E-state index contributed by atoms with van der Waals surface area (Å²) < 4.78 is 0. The van der Waals surface area contributed by atoms with Crippen molar-refractivity contribution in [1.29, 1.82) is 0 Å². The molecule has 0 spiro atoms. The molecule has 0 aliphatic carbocycles. The van der Waals surface area contributed by atoms with Crippen molar-refractivity contribution in [3.8, 4) is 0 Å². The van der Waals surface area contributed by atoms with Crippen LogP contribution in [0.4, 0.5) is 0 Å². The van der Waals surface area contributed by atoms with Gasteiger partial charge in [0.2, 0.25) is 0 Å². The van der Waals surface area contributed by atoms with Crippen LogP contribution in [-0.2, 0) is 6.54 Å². The molecule has 1 aromatic carbocycles. The molecular weight excluding hydrogens is 245 g/mol. The van der Waals surface area contributed by atoms with Crippen LogP contribution in [0.3, 0.4) is 0 Å². The maximum absolute atomic E-state index is 8.92. The summed E-state index contributed by atoms with van der Waals surface area (Å²) in [5.74, 6) is 0. The van der Waals surface area contributed by atoms with E-state index < -0.39 is 0 Å². The number of aliphatic hydroxyl groups excluding tert-OH is 1. The first-order valence-electron chi connectivity index (χ1n) is 5.05. The molecule has 0 heterocycles. The molecular formula is C12H15Cl2NO. The minimum Gasteiger partial charge on any atom is -0.395 e. The fourth-order valence-electron chi connectivity index (χ4n) is 1.46. The van der Waals surface area contributed by atoms with Crippen LogP contribution in [0.5, 0.6) is 0 Å². The van der Waals surface area contributed by atoms with E-state index in [4.69, 9.17) is 28.3 Å². The van der Waals surface area contributed by atoms with E-state index in [-0.39, 0.29) is 6.61 Å². The Hall–Kier alpha value is -0.540. The van der Waals surface area contributed by atoms with Crippen molar-refractivity contribution < 1.29 is 5.11 Å². The zero-order chi connectivity index (χ0) is 12.0. The molecule has 0 amide bonds. The van der Waals surface area contributed by atoms with Gasteiger partial charge in [-0.2, -0.15) is 0 Å². The van der Waals surface area contributed by atoms with Gasteiger partial charge in [0, 0.05) is 19.6 Å². The smallest absolute Gasteiger partial charge is 0.0595 e. The summed E-state index contributed by atoms with van der Waals surface area (Å²) in [4.78, 5) is 2.08. The van der Waals surface area contributed by atoms with Crippen molar-refractivity contribution >= 4 is 23.2 Å². The molecule has 2 nitrogen and oxygen atoms in total. The molecule has 88 valence electrons. The predicted molar refractivity (Wildman–Crippen MR) is 69.0 cm³/mol. The van der Waals surface area contributed by atoms with Gasteiger partial charge >= 0.3 is 0 Å². The standard InChI is InChI=1S/C12H15Cl2NO/c1-2-5-15(6-7-16)9-10-3-4-11(13)12(14)8-10/h2-4,8,16H,1,5-7,9H2. The summed E-state index contributed by atoms with van der Waals surface area (Å²) in [6.07, 6.45) is 1.81. The minimum absolute atomic E-state index is 0.134. The van der Waals surface area contributed by atoms with E-state index in [1.165, 1.54) is 0 Å². The van der Waals surface area contributed by atoms with Gasteiger partial charge in [0.05, 0.1) is 16.7 Å². The van der Waals surface area contributed by atoms with E-state index in [0.717, 1.165) is 18.7 Å². The van der Waals surface area contributed by atoms with E-state index >= 15 is 0 Å². The Morgan fingerprint density at radius 1 is 1.31 bits per heavy atom. The molecule has 1 N–H and O–H groups in total. The van der Waals surface area contributed by atoms with Crippen molar-refractivity contribution in [2.45, 2.75) is 6.54 Å². The number of benzene rings is 1. The van der Waals surface area contributed by atoms with Gasteiger partial charge in [-0.25, -0.2) is 0 Å². The van der Waals surface area contributed by atoms with Crippen molar-refractivity contribution in [3.63, 3.8) is 0 Å². The van der Waals surface area contributed by atoms with Gasteiger partial charge in [0.15, 0.2) is 0 Å². The quantitative estimate of drug-likeness (QED) is 0.795. The summed E-state index contributed by atoms with van der Waals surface area (Å²) in [6.45, 7) is 5.90. The Morgan fingerprint density at radius 2 is 2.06 bits per heavy atom. The monoisotopic (exact) mass is 259 g/mol. The van der Waals surface area contributed by atoms with Crippen LogP contribution in [0, 0.1) is 0 Å². The van der Waals surface area contributed by atoms with E-state index in [0.29, 0.717) is 16.6 Å². The first-order valence-corrected chi connectivity index (χ1v) is 5.81. The Bertz CT molecular complexity index is 355. The van der Waals surface area contributed by atoms with E-state index in [2.05, 4.69) is 11.5 Å². The topological polar surface area (TPSA) is 23.5 Å². The van der Waals surface area contributed by atoms with Gasteiger partial charge in [-0.15, -0.1) is 6.58 Å². The third-order valence-electron chi connectivity index (χ3n) is 2.19. The number of halogens is 2. The average Bonchev–Trinajstić information content (AvgIpc) is 2.24. The number of rotatable bonds is 6. The summed E-state index contributed by atoms with van der Waals surface area (Å²) in [5.41, 5.74) is 1.07. The Labute approximate surface area is 106 Å². The lowest BCUT2D eigenvalue weighted by Gasteiger charge is -2.19. The fourth-order valence-corrected chi connectivity index (χ4v) is 1.78. The molecule has 0 aliphatic heterocycles. The van der Waals surface area contributed by atoms with Gasteiger partial charge in [-0.05, 0) is 17.7 Å². The molecule has 1 rings (SSSR count). The molecule has 0 bridgehead atoms. The summed E-state index contributed by atoms with van der Waals surface area (Å²) in [6, 6.07) is 5.56. The summed E-state index contributed by atoms with van der Waals surface area (Å²) in [5, 5.41) is 10.0. The fraction of sp³-hybridized carbons (Fsp3) is 0.333. The zero-order valence-corrected chi connectivity index (χ0v) is 10.5. The second-order valence-corrected chi connectivity index (χ2v) is 4.31. The average molecular weight is 260 g/mol. The molecule has 0 radical (unpaired) electrons. The Morgan fingerprint density at radius 3 is 2.62 bits per heavy atom. The van der Waals surface area contributed by atoms with Crippen LogP contribution in [-0.4, -0.2) is 29.7 Å². The van der Waals surface area contributed by atoms with E-state index in [1.54, 1.807) is 6.07 Å². The summed E-state index contributed by atoms with van der Waals surface area (Å²) >= 11 is 11.8. The van der Waals surface area contributed by atoms with Crippen LogP contribution in [0.15, 0.2) is 30.9 Å². The van der Waals surface area contributed by atoms with Gasteiger partial charge in [-0.3, -0.25) is 4.90 Å². The third-order valence-corrected chi connectivity index (χ3v) is 2.93. The molecule has 0 aromatic heterocycles. The highest BCUT2D eigenvalue weighted by molar-refractivity contribution is 6.42. The number of aliphatic hydroxyl groups is 1. The molecule has 4 heteroatoms. The molecule has 16 heavy (non-hydrogen) atoms. The second-order valence-electron chi connectivity index (χ2n) is 3.50. The first kappa shape index (κ1) is 13.5. The first-order chi connectivity index (χ1) is 7.67. The van der Waals surface area contributed by atoms with Crippen molar-refractivity contribution in [1.82, 2.24) is 4.90 Å². The zero-order valence-electron chi connectivity index (χ0n) is 9.00.